The Kier molecular flexibility index (Phi) is 5.30. The van der Waals surface area contributed by atoms with E-state index in [0.29, 0.717) is 6.61 Å². The number of nitrogens with zero attached hydrogens (tertiary/aromatic N) is 3. The molecule has 0 spiro atoms. The molecule has 4 aromatic rings. The number of furan rings is 1. The van der Waals surface area contributed by atoms with E-state index in [1.807, 2.05) is 42.5 Å². The maximum absolute atomic E-state index is 6.28. The second kappa shape index (κ2) is 7.78. The molecule has 0 aliphatic carbocycles. The Hall–Kier alpha value is -2.83. The minimum Gasteiger partial charge on any atom is -0.459 e. The van der Waals surface area contributed by atoms with Crippen molar-refractivity contribution in [3.8, 4) is 22.6 Å². The molecule has 0 unspecified atom stereocenters. The van der Waals surface area contributed by atoms with Gasteiger partial charge in [0.1, 0.15) is 11.5 Å². The van der Waals surface area contributed by atoms with Crippen LogP contribution in [0.1, 0.15) is 26.5 Å². The lowest BCUT2D eigenvalue weighted by Gasteiger charge is -2.35. The molecule has 0 amide bonds. The van der Waals surface area contributed by atoms with Crippen molar-refractivity contribution in [1.29, 1.82) is 0 Å². The van der Waals surface area contributed by atoms with Crippen LogP contribution in [0.3, 0.4) is 0 Å². The number of rotatable bonds is 5. The first kappa shape index (κ1) is 20.4. The fraction of sp³-hybridized carbons (Fsp3) is 0.292. The van der Waals surface area contributed by atoms with Crippen molar-refractivity contribution in [3.63, 3.8) is 0 Å². The number of hydrogen-bond donors (Lipinski definition) is 0. The molecule has 0 saturated heterocycles. The zero-order chi connectivity index (χ0) is 21.4. The topological polar surface area (TPSA) is 61.0 Å². The number of aromatic nitrogens is 3. The quantitative estimate of drug-likeness (QED) is 0.348. The van der Waals surface area contributed by atoms with Crippen molar-refractivity contribution in [2.24, 2.45) is 0 Å². The third-order valence-electron chi connectivity index (χ3n) is 5.85. The van der Waals surface area contributed by atoms with Gasteiger partial charge in [0.25, 0.3) is 0 Å². The van der Waals surface area contributed by atoms with Crippen LogP contribution >= 0.6 is 0 Å². The maximum Gasteiger partial charge on any atom is 0.192 e. The van der Waals surface area contributed by atoms with Crippen molar-refractivity contribution in [1.82, 2.24) is 15.0 Å². The lowest BCUT2D eigenvalue weighted by atomic mass is 10.1. The van der Waals surface area contributed by atoms with Crippen LogP contribution < -0.4 is 0 Å². The highest BCUT2D eigenvalue weighted by Gasteiger charge is 2.37. The summed E-state index contributed by atoms with van der Waals surface area (Å²) in [7, 11) is -1.82. The molecular formula is C24H27N3O2Si. The summed E-state index contributed by atoms with van der Waals surface area (Å²) in [5.41, 5.74) is 4.47. The Balaban J connectivity index is 1.58. The molecule has 0 fully saturated rings. The third-order valence-corrected chi connectivity index (χ3v) is 10.3. The molecule has 1 aromatic carbocycles. The van der Waals surface area contributed by atoms with E-state index in [9.17, 15) is 0 Å². The zero-order valence-corrected chi connectivity index (χ0v) is 19.1. The van der Waals surface area contributed by atoms with Crippen LogP contribution in [0.5, 0.6) is 0 Å². The van der Waals surface area contributed by atoms with E-state index in [2.05, 4.69) is 43.8 Å². The van der Waals surface area contributed by atoms with Gasteiger partial charge < -0.3 is 8.84 Å². The fourth-order valence-corrected chi connectivity index (χ4v) is 3.84. The van der Waals surface area contributed by atoms with Crippen molar-refractivity contribution in [2.45, 2.75) is 45.5 Å². The summed E-state index contributed by atoms with van der Waals surface area (Å²) in [6.45, 7) is 11.7. The Morgan fingerprint density at radius 1 is 0.933 bits per heavy atom. The average Bonchev–Trinajstić information content (AvgIpc) is 3.20. The predicted octanol–water partition coefficient (Wildman–Crippen LogP) is 6.47. The standard InChI is InChI=1S/C24H27N3O2Si/c1-24(2,3)30(4,5)28-16-19-7-9-23(29-19)18-6-8-20-21(14-18)27-22(15-26-20)17-10-12-25-13-11-17/h6-15H,16H2,1-5H3. The molecule has 5 nitrogen and oxygen atoms in total. The van der Waals surface area contributed by atoms with Gasteiger partial charge in [0.05, 0.1) is 29.5 Å². The molecule has 30 heavy (non-hydrogen) atoms. The normalized spacial score (nSPS) is 12.4. The molecule has 0 atom stereocenters. The van der Waals surface area contributed by atoms with E-state index in [1.54, 1.807) is 18.6 Å². The summed E-state index contributed by atoms with van der Waals surface area (Å²) in [6.07, 6.45) is 5.31. The largest absolute Gasteiger partial charge is 0.459 e. The van der Waals surface area contributed by atoms with Gasteiger partial charge in [-0.05, 0) is 60.6 Å². The zero-order valence-electron chi connectivity index (χ0n) is 18.1. The van der Waals surface area contributed by atoms with Gasteiger partial charge in [-0.15, -0.1) is 0 Å². The van der Waals surface area contributed by atoms with Crippen molar-refractivity contribution in [2.75, 3.05) is 0 Å². The molecule has 0 saturated carbocycles. The second-order valence-electron chi connectivity index (χ2n) is 9.01. The van der Waals surface area contributed by atoms with Crippen molar-refractivity contribution < 1.29 is 8.84 Å². The highest BCUT2D eigenvalue weighted by Crippen LogP contribution is 2.37. The first-order valence-corrected chi connectivity index (χ1v) is 13.0. The third kappa shape index (κ3) is 4.20. The minimum atomic E-state index is -1.82. The Bertz CT molecular complexity index is 1160. The molecule has 0 bridgehead atoms. The number of hydrogen-bond acceptors (Lipinski definition) is 5. The summed E-state index contributed by atoms with van der Waals surface area (Å²) < 4.78 is 12.4. The van der Waals surface area contributed by atoms with Crippen LogP contribution in [0.15, 0.2) is 65.5 Å². The summed E-state index contributed by atoms with van der Waals surface area (Å²) >= 11 is 0. The van der Waals surface area contributed by atoms with Crippen LogP contribution in [0.25, 0.3) is 33.6 Å². The molecule has 0 aliphatic rings. The van der Waals surface area contributed by atoms with Gasteiger partial charge in [-0.2, -0.15) is 0 Å². The molecular weight excluding hydrogens is 390 g/mol. The Labute approximate surface area is 178 Å². The van der Waals surface area contributed by atoms with E-state index >= 15 is 0 Å². The first-order chi connectivity index (χ1) is 14.2. The fourth-order valence-electron chi connectivity index (χ4n) is 2.91. The van der Waals surface area contributed by atoms with Gasteiger partial charge >= 0.3 is 0 Å². The molecule has 3 heterocycles. The van der Waals surface area contributed by atoms with Crippen molar-refractivity contribution >= 4 is 19.4 Å². The van der Waals surface area contributed by atoms with Gasteiger partial charge in [0.2, 0.25) is 0 Å². The molecule has 4 rings (SSSR count). The molecule has 0 N–H and O–H groups in total. The van der Waals surface area contributed by atoms with Crippen LogP contribution in [-0.4, -0.2) is 23.3 Å². The molecule has 0 aliphatic heterocycles. The minimum absolute atomic E-state index is 0.173. The smallest absolute Gasteiger partial charge is 0.192 e. The summed E-state index contributed by atoms with van der Waals surface area (Å²) in [6, 6.07) is 13.9. The van der Waals surface area contributed by atoms with Gasteiger partial charge in [-0.3, -0.25) is 9.97 Å². The lowest BCUT2D eigenvalue weighted by Crippen LogP contribution is -2.40. The SMILES string of the molecule is CC(C)(C)[Si](C)(C)OCc1ccc(-c2ccc3ncc(-c4ccncc4)nc3c2)o1. The Morgan fingerprint density at radius 3 is 2.43 bits per heavy atom. The average molecular weight is 418 g/mol. The Morgan fingerprint density at radius 2 is 1.70 bits per heavy atom. The highest BCUT2D eigenvalue weighted by atomic mass is 28.4. The molecule has 154 valence electrons. The highest BCUT2D eigenvalue weighted by molar-refractivity contribution is 6.74. The lowest BCUT2D eigenvalue weighted by molar-refractivity contribution is 0.247. The first-order valence-electron chi connectivity index (χ1n) is 10.1. The second-order valence-corrected chi connectivity index (χ2v) is 13.8. The summed E-state index contributed by atoms with van der Waals surface area (Å²) in [4.78, 5) is 13.4. The van der Waals surface area contributed by atoms with E-state index in [0.717, 1.165) is 39.4 Å². The van der Waals surface area contributed by atoms with E-state index < -0.39 is 8.32 Å². The molecule has 6 heteroatoms. The number of pyridine rings is 1. The van der Waals surface area contributed by atoms with Gasteiger partial charge in [0, 0.05) is 23.5 Å². The number of benzene rings is 1. The predicted molar refractivity (Wildman–Crippen MR) is 122 cm³/mol. The molecule has 3 aromatic heterocycles. The van der Waals surface area contributed by atoms with Gasteiger partial charge in [0.15, 0.2) is 8.32 Å². The maximum atomic E-state index is 6.28. The molecule has 0 radical (unpaired) electrons. The van der Waals surface area contributed by atoms with Crippen LogP contribution in [0, 0.1) is 0 Å². The monoisotopic (exact) mass is 417 g/mol. The van der Waals surface area contributed by atoms with Crippen LogP contribution in [0.2, 0.25) is 18.1 Å². The van der Waals surface area contributed by atoms with Gasteiger partial charge in [-0.25, -0.2) is 4.98 Å². The van der Waals surface area contributed by atoms with E-state index in [4.69, 9.17) is 13.8 Å². The van der Waals surface area contributed by atoms with Crippen LogP contribution in [-0.2, 0) is 11.0 Å². The van der Waals surface area contributed by atoms with E-state index in [-0.39, 0.29) is 5.04 Å². The van der Waals surface area contributed by atoms with E-state index in [1.165, 1.54) is 0 Å². The summed E-state index contributed by atoms with van der Waals surface area (Å²) in [5.74, 6) is 1.65. The summed E-state index contributed by atoms with van der Waals surface area (Å²) in [5, 5.41) is 0.173. The van der Waals surface area contributed by atoms with Crippen molar-refractivity contribution in [3.05, 3.63) is 66.8 Å². The van der Waals surface area contributed by atoms with Gasteiger partial charge in [-0.1, -0.05) is 20.8 Å². The van der Waals surface area contributed by atoms with Crippen LogP contribution in [0.4, 0.5) is 0 Å². The number of fused-ring (bicyclic) bond motifs is 1.